The highest BCUT2D eigenvalue weighted by Gasteiger charge is 2.19. The maximum atomic E-state index is 10.8. The average Bonchev–Trinajstić information content (AvgIpc) is 2.96. The second-order valence-corrected chi connectivity index (χ2v) is 5.61. The van der Waals surface area contributed by atoms with Crippen molar-refractivity contribution in [2.45, 2.75) is 26.5 Å². The summed E-state index contributed by atoms with van der Waals surface area (Å²) in [5.74, 6) is 0.682. The van der Waals surface area contributed by atoms with Crippen molar-refractivity contribution in [1.82, 2.24) is 9.55 Å². The fraction of sp³-hybridized carbons (Fsp3) is 0.211. The van der Waals surface area contributed by atoms with Crippen molar-refractivity contribution in [2.75, 3.05) is 0 Å². The number of nitrogens with zero attached hydrogens (tertiary/aromatic N) is 2. The zero-order valence-electron chi connectivity index (χ0n) is 12.9. The molecule has 1 heterocycles. The van der Waals surface area contributed by atoms with Gasteiger partial charge >= 0.3 is 0 Å². The van der Waals surface area contributed by atoms with Crippen molar-refractivity contribution >= 4 is 0 Å². The maximum Gasteiger partial charge on any atom is 0.142 e. The van der Waals surface area contributed by atoms with Crippen LogP contribution in [0.25, 0.3) is 0 Å². The number of hydrogen-bond acceptors (Lipinski definition) is 2. The Morgan fingerprint density at radius 3 is 2.36 bits per heavy atom. The average molecular weight is 292 g/mol. The van der Waals surface area contributed by atoms with Crippen molar-refractivity contribution in [3.63, 3.8) is 0 Å². The Morgan fingerprint density at radius 1 is 1.00 bits per heavy atom. The Balaban J connectivity index is 1.95. The number of imidazole rings is 1. The molecule has 0 aliphatic heterocycles. The van der Waals surface area contributed by atoms with Crippen molar-refractivity contribution in [3.05, 3.63) is 89.0 Å². The maximum absolute atomic E-state index is 10.8. The number of hydrogen-bond donors (Lipinski definition) is 1. The van der Waals surface area contributed by atoms with Crippen molar-refractivity contribution < 1.29 is 5.11 Å². The van der Waals surface area contributed by atoms with Gasteiger partial charge in [0, 0.05) is 18.9 Å². The number of aryl methyl sites for hydroxylation is 2. The topological polar surface area (TPSA) is 38.1 Å². The predicted octanol–water partition coefficient (Wildman–Crippen LogP) is 3.63. The SMILES string of the molecule is Cc1cccc(C)c1C(O)c1nccn1Cc1ccccc1. The molecule has 0 fully saturated rings. The molecule has 1 atom stereocenters. The van der Waals surface area contributed by atoms with Crippen molar-refractivity contribution in [2.24, 2.45) is 0 Å². The first kappa shape index (κ1) is 14.5. The summed E-state index contributed by atoms with van der Waals surface area (Å²) >= 11 is 0. The summed E-state index contributed by atoms with van der Waals surface area (Å²) in [5.41, 5.74) is 4.31. The molecule has 112 valence electrons. The molecule has 3 aromatic rings. The first-order valence-electron chi connectivity index (χ1n) is 7.46. The van der Waals surface area contributed by atoms with Gasteiger partial charge in [0.15, 0.2) is 0 Å². The van der Waals surface area contributed by atoms with Crippen LogP contribution in [0.1, 0.15) is 34.2 Å². The minimum Gasteiger partial charge on any atom is -0.380 e. The van der Waals surface area contributed by atoms with Gasteiger partial charge in [0.1, 0.15) is 11.9 Å². The Kier molecular flexibility index (Phi) is 4.07. The largest absolute Gasteiger partial charge is 0.380 e. The molecule has 0 aliphatic carbocycles. The standard InChI is InChI=1S/C19H20N2O/c1-14-7-6-8-15(2)17(14)18(22)19-20-11-12-21(19)13-16-9-4-3-5-10-16/h3-12,18,22H,13H2,1-2H3. The fourth-order valence-electron chi connectivity index (χ4n) is 2.87. The summed E-state index contributed by atoms with van der Waals surface area (Å²) in [6, 6.07) is 16.3. The van der Waals surface area contributed by atoms with Gasteiger partial charge in [0.2, 0.25) is 0 Å². The number of aliphatic hydroxyl groups is 1. The molecule has 0 spiro atoms. The van der Waals surface area contributed by atoms with Gasteiger partial charge in [-0.05, 0) is 36.1 Å². The molecule has 0 amide bonds. The lowest BCUT2D eigenvalue weighted by molar-refractivity contribution is 0.204. The molecule has 0 saturated carbocycles. The quantitative estimate of drug-likeness (QED) is 0.797. The van der Waals surface area contributed by atoms with Crippen LogP contribution in [0.15, 0.2) is 60.9 Å². The summed E-state index contributed by atoms with van der Waals surface area (Å²) in [6.07, 6.45) is 2.95. The highest BCUT2D eigenvalue weighted by molar-refractivity contribution is 5.38. The lowest BCUT2D eigenvalue weighted by Crippen LogP contribution is -2.12. The van der Waals surface area contributed by atoms with Gasteiger partial charge in [0.05, 0.1) is 0 Å². The molecule has 1 unspecified atom stereocenters. The van der Waals surface area contributed by atoms with Crippen LogP contribution in [-0.4, -0.2) is 14.7 Å². The van der Waals surface area contributed by atoms with E-state index in [1.54, 1.807) is 6.20 Å². The molecule has 0 bridgehead atoms. The van der Waals surface area contributed by atoms with E-state index in [2.05, 4.69) is 17.1 Å². The van der Waals surface area contributed by atoms with E-state index in [0.717, 1.165) is 16.7 Å². The highest BCUT2D eigenvalue weighted by Crippen LogP contribution is 2.27. The van der Waals surface area contributed by atoms with E-state index in [9.17, 15) is 5.11 Å². The molecule has 3 heteroatoms. The smallest absolute Gasteiger partial charge is 0.142 e. The van der Waals surface area contributed by atoms with Gasteiger partial charge in [-0.25, -0.2) is 4.98 Å². The van der Waals surface area contributed by atoms with Crippen LogP contribution in [0.2, 0.25) is 0 Å². The van der Waals surface area contributed by atoms with Crippen LogP contribution < -0.4 is 0 Å². The summed E-state index contributed by atoms with van der Waals surface area (Å²) in [6.45, 7) is 4.75. The van der Waals surface area contributed by atoms with Crippen LogP contribution in [-0.2, 0) is 6.54 Å². The Hall–Kier alpha value is -2.39. The minimum atomic E-state index is -0.708. The molecular weight excluding hydrogens is 272 g/mol. The second kappa shape index (κ2) is 6.16. The van der Waals surface area contributed by atoms with Crippen LogP contribution in [0.5, 0.6) is 0 Å². The first-order valence-corrected chi connectivity index (χ1v) is 7.46. The van der Waals surface area contributed by atoms with Crippen LogP contribution in [0.4, 0.5) is 0 Å². The number of benzene rings is 2. The van der Waals surface area contributed by atoms with E-state index < -0.39 is 6.10 Å². The van der Waals surface area contributed by atoms with E-state index in [1.807, 2.05) is 61.0 Å². The normalized spacial score (nSPS) is 12.3. The summed E-state index contributed by atoms with van der Waals surface area (Å²) < 4.78 is 2.01. The van der Waals surface area contributed by atoms with Crippen molar-refractivity contribution in [3.8, 4) is 0 Å². The van der Waals surface area contributed by atoms with E-state index in [1.165, 1.54) is 5.56 Å². The Labute approximate surface area is 130 Å². The highest BCUT2D eigenvalue weighted by atomic mass is 16.3. The zero-order chi connectivity index (χ0) is 15.5. The molecule has 0 saturated heterocycles. The molecule has 0 aliphatic rings. The van der Waals surface area contributed by atoms with Gasteiger partial charge < -0.3 is 9.67 Å². The number of rotatable bonds is 4. The molecule has 1 N–H and O–H groups in total. The third kappa shape index (κ3) is 2.81. The third-order valence-electron chi connectivity index (χ3n) is 4.00. The molecule has 1 aromatic heterocycles. The summed E-state index contributed by atoms with van der Waals surface area (Å²) in [7, 11) is 0. The van der Waals surface area contributed by atoms with E-state index in [4.69, 9.17) is 0 Å². The van der Waals surface area contributed by atoms with Gasteiger partial charge in [0.25, 0.3) is 0 Å². The number of aliphatic hydroxyl groups excluding tert-OH is 1. The van der Waals surface area contributed by atoms with Gasteiger partial charge in [-0.15, -0.1) is 0 Å². The lowest BCUT2D eigenvalue weighted by atomic mass is 9.97. The molecule has 2 aromatic carbocycles. The Bertz CT molecular complexity index is 742. The van der Waals surface area contributed by atoms with Gasteiger partial charge in [-0.3, -0.25) is 0 Å². The third-order valence-corrected chi connectivity index (χ3v) is 4.00. The van der Waals surface area contributed by atoms with Crippen molar-refractivity contribution in [1.29, 1.82) is 0 Å². The van der Waals surface area contributed by atoms with Crippen LogP contribution in [0, 0.1) is 13.8 Å². The zero-order valence-corrected chi connectivity index (χ0v) is 12.9. The van der Waals surface area contributed by atoms with Crippen LogP contribution >= 0.6 is 0 Å². The fourth-order valence-corrected chi connectivity index (χ4v) is 2.87. The second-order valence-electron chi connectivity index (χ2n) is 5.61. The van der Waals surface area contributed by atoms with Gasteiger partial charge in [-0.1, -0.05) is 48.5 Å². The number of aromatic nitrogens is 2. The monoisotopic (exact) mass is 292 g/mol. The molecule has 22 heavy (non-hydrogen) atoms. The summed E-state index contributed by atoms with van der Waals surface area (Å²) in [5, 5.41) is 10.8. The molecule has 0 radical (unpaired) electrons. The van der Waals surface area contributed by atoms with E-state index in [0.29, 0.717) is 12.4 Å². The molecule has 3 rings (SSSR count). The van der Waals surface area contributed by atoms with E-state index >= 15 is 0 Å². The summed E-state index contributed by atoms with van der Waals surface area (Å²) in [4.78, 5) is 4.38. The van der Waals surface area contributed by atoms with Gasteiger partial charge in [-0.2, -0.15) is 0 Å². The molecule has 3 nitrogen and oxygen atoms in total. The van der Waals surface area contributed by atoms with E-state index in [-0.39, 0.29) is 0 Å². The molecular formula is C19H20N2O. The lowest BCUT2D eigenvalue weighted by Gasteiger charge is -2.18. The predicted molar refractivity (Wildman–Crippen MR) is 87.7 cm³/mol. The first-order chi connectivity index (χ1) is 10.7. The Morgan fingerprint density at radius 2 is 1.68 bits per heavy atom. The minimum absolute atomic E-state index is 0.682. The van der Waals surface area contributed by atoms with Crippen LogP contribution in [0.3, 0.4) is 0 Å².